The lowest BCUT2D eigenvalue weighted by molar-refractivity contribution is -0.193. The van der Waals surface area contributed by atoms with Gasteiger partial charge in [-0.3, -0.25) is 4.90 Å². The maximum atomic E-state index is 10.6. The monoisotopic (exact) mass is 548 g/mol. The number of carboxylic acid groups (broad SMARTS) is 2. The molecule has 0 spiro atoms. The summed E-state index contributed by atoms with van der Waals surface area (Å²) in [5, 5.41) is 17.7. The van der Waals surface area contributed by atoms with Crippen LogP contribution in [0.15, 0.2) is 42.7 Å². The number of hydrogen-bond donors (Lipinski definition) is 3. The van der Waals surface area contributed by atoms with E-state index in [4.69, 9.17) is 19.8 Å². The van der Waals surface area contributed by atoms with Crippen LogP contribution in [-0.4, -0.2) is 68.5 Å². The van der Waals surface area contributed by atoms with Gasteiger partial charge in [0, 0.05) is 37.7 Å². The number of nitrogens with one attached hydrogen (secondary N) is 1. The number of carbonyl (C=O) groups is 2. The molecular weight excluding hydrogens is 522 g/mol. The highest BCUT2D eigenvalue weighted by atomic mass is 19.4. The molecule has 3 heterocycles. The molecule has 2 aromatic rings. The molecule has 0 saturated carbocycles. The molecule has 8 nitrogen and oxygen atoms in total. The van der Waals surface area contributed by atoms with Gasteiger partial charge in [-0.1, -0.05) is 36.4 Å². The van der Waals surface area contributed by atoms with E-state index in [9.17, 15) is 26.3 Å². The Morgan fingerprint density at radius 1 is 1.03 bits per heavy atom. The smallest absolute Gasteiger partial charge is 0.475 e. The highest BCUT2D eigenvalue weighted by molar-refractivity contribution is 5.73. The minimum Gasteiger partial charge on any atom is -0.475 e. The number of nitrogens with zero attached hydrogens (tertiary/aromatic N) is 3. The van der Waals surface area contributed by atoms with E-state index in [1.54, 1.807) is 6.33 Å². The Morgan fingerprint density at radius 2 is 1.61 bits per heavy atom. The fourth-order valence-corrected chi connectivity index (χ4v) is 3.69. The summed E-state index contributed by atoms with van der Waals surface area (Å²) in [4.78, 5) is 29.6. The molecule has 0 radical (unpaired) electrons. The van der Waals surface area contributed by atoms with E-state index >= 15 is 0 Å². The quantitative estimate of drug-likeness (QED) is 0.492. The van der Waals surface area contributed by atoms with Crippen molar-refractivity contribution in [2.24, 2.45) is 0 Å². The number of hydrogen-bond acceptors (Lipinski definition) is 6. The van der Waals surface area contributed by atoms with Crippen molar-refractivity contribution in [3.05, 3.63) is 65.2 Å². The summed E-state index contributed by atoms with van der Waals surface area (Å²) < 4.78 is 63.5. The molecule has 4 rings (SSSR count). The minimum absolute atomic E-state index is 0.499. The van der Waals surface area contributed by atoms with E-state index in [0.717, 1.165) is 44.7 Å². The summed E-state index contributed by atoms with van der Waals surface area (Å²) in [6.07, 6.45) is -4.02. The third-order valence-corrected chi connectivity index (χ3v) is 5.55. The lowest BCUT2D eigenvalue weighted by Gasteiger charge is -2.35. The fourth-order valence-electron chi connectivity index (χ4n) is 3.69. The maximum Gasteiger partial charge on any atom is 0.490 e. The summed E-state index contributed by atoms with van der Waals surface area (Å²) >= 11 is 0. The van der Waals surface area contributed by atoms with E-state index < -0.39 is 24.3 Å². The van der Waals surface area contributed by atoms with E-state index in [2.05, 4.69) is 63.5 Å². The van der Waals surface area contributed by atoms with Gasteiger partial charge in [-0.05, 0) is 31.0 Å². The zero-order valence-corrected chi connectivity index (χ0v) is 20.2. The van der Waals surface area contributed by atoms with Crippen molar-refractivity contribution in [3.63, 3.8) is 0 Å². The van der Waals surface area contributed by atoms with E-state index in [-0.39, 0.29) is 0 Å². The summed E-state index contributed by atoms with van der Waals surface area (Å²) in [7, 11) is 0. The lowest BCUT2D eigenvalue weighted by Crippen LogP contribution is -2.39. The molecule has 0 amide bonds. The van der Waals surface area contributed by atoms with Crippen LogP contribution in [0.4, 0.5) is 26.3 Å². The van der Waals surface area contributed by atoms with Crippen LogP contribution >= 0.6 is 0 Å². The Hall–Kier alpha value is -3.52. The van der Waals surface area contributed by atoms with Crippen molar-refractivity contribution in [1.29, 1.82) is 0 Å². The van der Waals surface area contributed by atoms with Gasteiger partial charge in [0.15, 0.2) is 0 Å². The molecule has 1 aromatic heterocycles. The molecule has 38 heavy (non-hydrogen) atoms. The molecule has 0 bridgehead atoms. The first-order valence-corrected chi connectivity index (χ1v) is 11.3. The SMILES string of the molecule is C[C@@H]1Cc2ncnc(C3=CCCNC3)c2CN1Cc1ccccc1.O=C(O)C(F)(F)F.O=C(O)C(F)(F)F. The lowest BCUT2D eigenvalue weighted by atomic mass is 9.94. The number of halogens is 6. The largest absolute Gasteiger partial charge is 0.490 e. The first kappa shape index (κ1) is 30.7. The predicted octanol–water partition coefficient (Wildman–Crippen LogP) is 4.07. The summed E-state index contributed by atoms with van der Waals surface area (Å²) in [6.45, 7) is 6.19. The van der Waals surface area contributed by atoms with Gasteiger partial charge in [0.1, 0.15) is 6.33 Å². The summed E-state index contributed by atoms with van der Waals surface area (Å²) in [5.41, 5.74) is 6.39. The van der Waals surface area contributed by atoms with Gasteiger partial charge < -0.3 is 15.5 Å². The number of benzene rings is 1. The van der Waals surface area contributed by atoms with Crippen LogP contribution in [-0.2, 0) is 29.1 Å². The first-order chi connectivity index (χ1) is 17.7. The molecule has 0 aliphatic carbocycles. The predicted molar refractivity (Wildman–Crippen MR) is 124 cm³/mol. The van der Waals surface area contributed by atoms with Crippen LogP contribution in [0, 0.1) is 0 Å². The summed E-state index contributed by atoms with van der Waals surface area (Å²) in [5.74, 6) is -5.51. The van der Waals surface area contributed by atoms with E-state index in [0.29, 0.717) is 6.04 Å². The molecular formula is C24H26F6N4O4. The molecule has 3 N–H and O–H groups in total. The average Bonchev–Trinajstić information content (AvgIpc) is 2.85. The van der Waals surface area contributed by atoms with Crippen molar-refractivity contribution >= 4 is 17.5 Å². The van der Waals surface area contributed by atoms with Gasteiger partial charge in [-0.25, -0.2) is 19.6 Å². The van der Waals surface area contributed by atoms with E-state index in [1.807, 2.05) is 0 Å². The van der Waals surface area contributed by atoms with Gasteiger partial charge >= 0.3 is 24.3 Å². The zero-order chi connectivity index (χ0) is 28.5. The van der Waals surface area contributed by atoms with Crippen molar-refractivity contribution in [2.45, 2.75) is 51.2 Å². The van der Waals surface area contributed by atoms with E-state index in [1.165, 1.54) is 22.4 Å². The van der Waals surface area contributed by atoms with Gasteiger partial charge in [0.05, 0.1) is 11.4 Å². The molecule has 0 unspecified atom stereocenters. The zero-order valence-electron chi connectivity index (χ0n) is 20.2. The molecule has 1 atom stereocenters. The van der Waals surface area contributed by atoms with Crippen LogP contribution in [0.1, 0.15) is 35.9 Å². The second-order valence-electron chi connectivity index (χ2n) is 8.39. The van der Waals surface area contributed by atoms with Crippen LogP contribution < -0.4 is 5.32 Å². The van der Waals surface area contributed by atoms with Gasteiger partial charge in [-0.15, -0.1) is 0 Å². The standard InChI is InChI=1S/C20H24N4.2C2HF3O2/c1-15-10-19-18(13-24(15)12-16-6-3-2-4-7-16)20(23-14-22-19)17-8-5-9-21-11-17;2*3-2(4,5)1(6)7/h2-4,6-8,14-15,21H,5,9-13H2,1H3;2*(H,6,7)/t15-;;/m1../s1. The average molecular weight is 548 g/mol. The highest BCUT2D eigenvalue weighted by Gasteiger charge is 2.38. The Labute approximate surface area is 214 Å². The van der Waals surface area contributed by atoms with Crippen molar-refractivity contribution in [3.8, 4) is 0 Å². The fraction of sp³-hybridized carbons (Fsp3) is 0.417. The number of aromatic nitrogens is 2. The van der Waals surface area contributed by atoms with Gasteiger partial charge in [0.25, 0.3) is 0 Å². The van der Waals surface area contributed by atoms with Gasteiger partial charge in [0.2, 0.25) is 0 Å². The first-order valence-electron chi connectivity index (χ1n) is 11.3. The van der Waals surface area contributed by atoms with Crippen LogP contribution in [0.3, 0.4) is 0 Å². The number of rotatable bonds is 3. The Kier molecular flexibility index (Phi) is 10.8. The molecule has 208 valence electrons. The number of carboxylic acids is 2. The summed E-state index contributed by atoms with van der Waals surface area (Å²) in [6, 6.07) is 11.2. The second kappa shape index (κ2) is 13.3. The minimum atomic E-state index is -5.08. The maximum absolute atomic E-state index is 10.6. The van der Waals surface area contributed by atoms with Crippen LogP contribution in [0.5, 0.6) is 0 Å². The number of alkyl halides is 6. The van der Waals surface area contributed by atoms with Gasteiger partial charge in [-0.2, -0.15) is 26.3 Å². The van der Waals surface area contributed by atoms with Crippen molar-refractivity contribution < 1.29 is 46.1 Å². The third-order valence-electron chi connectivity index (χ3n) is 5.55. The molecule has 0 fully saturated rings. The second-order valence-corrected chi connectivity index (χ2v) is 8.39. The topological polar surface area (TPSA) is 116 Å². The number of aliphatic carboxylic acids is 2. The molecule has 1 aromatic carbocycles. The Bertz CT molecular complexity index is 1100. The van der Waals surface area contributed by atoms with Crippen molar-refractivity contribution in [1.82, 2.24) is 20.2 Å². The van der Waals surface area contributed by atoms with Crippen LogP contribution in [0.2, 0.25) is 0 Å². The third kappa shape index (κ3) is 9.41. The van der Waals surface area contributed by atoms with Crippen molar-refractivity contribution in [2.75, 3.05) is 13.1 Å². The highest BCUT2D eigenvalue weighted by Crippen LogP contribution is 2.29. The van der Waals surface area contributed by atoms with Crippen LogP contribution in [0.25, 0.3) is 5.57 Å². The number of fused-ring (bicyclic) bond motifs is 1. The molecule has 2 aliphatic rings. The molecule has 14 heteroatoms. The Morgan fingerprint density at radius 3 is 2.11 bits per heavy atom. The Balaban J connectivity index is 0.000000301. The normalized spacial score (nSPS) is 17.6. The molecule has 0 saturated heterocycles. The molecule has 2 aliphatic heterocycles.